The minimum atomic E-state index is -0.207. The Kier molecular flexibility index (Phi) is 3.52. The third-order valence-electron chi connectivity index (χ3n) is 2.78. The predicted octanol–water partition coefficient (Wildman–Crippen LogP) is 3.61. The van der Waals surface area contributed by atoms with E-state index in [1.54, 1.807) is 19.2 Å². The molecule has 0 aliphatic rings. The average molecular weight is 309 g/mol. The van der Waals surface area contributed by atoms with E-state index in [-0.39, 0.29) is 5.91 Å². The lowest BCUT2D eigenvalue weighted by Crippen LogP contribution is -2.14. The van der Waals surface area contributed by atoms with Crippen molar-refractivity contribution >= 4 is 27.7 Å². The maximum atomic E-state index is 12.2. The van der Waals surface area contributed by atoms with Crippen LogP contribution in [-0.4, -0.2) is 10.9 Å². The first-order chi connectivity index (χ1) is 8.50. The quantitative estimate of drug-likeness (QED) is 0.922. The van der Waals surface area contributed by atoms with Crippen LogP contribution in [0.25, 0.3) is 0 Å². The molecule has 0 atom stereocenters. The van der Waals surface area contributed by atoms with Crippen molar-refractivity contribution in [1.82, 2.24) is 4.98 Å². The Balaban J connectivity index is 2.31. The minimum absolute atomic E-state index is 0.207. The second-order valence-corrected chi connectivity index (χ2v) is 4.86. The van der Waals surface area contributed by atoms with Crippen molar-refractivity contribution in [3.8, 4) is 0 Å². The molecule has 94 valence electrons. The van der Waals surface area contributed by atoms with E-state index >= 15 is 0 Å². The molecule has 0 saturated heterocycles. The summed E-state index contributed by atoms with van der Waals surface area (Å²) < 4.78 is 6.19. The van der Waals surface area contributed by atoms with E-state index in [4.69, 9.17) is 4.42 Å². The highest BCUT2D eigenvalue weighted by Crippen LogP contribution is 2.23. The lowest BCUT2D eigenvalue weighted by molar-refractivity contribution is 0.102. The number of aromatic nitrogens is 1. The minimum Gasteiger partial charge on any atom is -0.466 e. The van der Waals surface area contributed by atoms with Gasteiger partial charge in [0.25, 0.3) is 5.91 Å². The zero-order valence-corrected chi connectivity index (χ0v) is 12.0. The summed E-state index contributed by atoms with van der Waals surface area (Å²) in [5.74, 6) is 1.67. The molecule has 0 aromatic carbocycles. The second kappa shape index (κ2) is 4.94. The second-order valence-electron chi connectivity index (χ2n) is 4.00. The monoisotopic (exact) mass is 308 g/mol. The van der Waals surface area contributed by atoms with Crippen molar-refractivity contribution in [3.63, 3.8) is 0 Å². The van der Waals surface area contributed by atoms with Gasteiger partial charge in [-0.1, -0.05) is 0 Å². The summed E-state index contributed by atoms with van der Waals surface area (Å²) in [6.07, 6.45) is 1.63. The molecule has 4 nitrogen and oxygen atoms in total. The zero-order chi connectivity index (χ0) is 13.3. The number of nitrogens with one attached hydrogen (secondary N) is 1. The van der Waals surface area contributed by atoms with Crippen LogP contribution in [0.2, 0.25) is 0 Å². The number of carbonyl (C=O) groups excluding carboxylic acids is 1. The number of hydrogen-bond acceptors (Lipinski definition) is 3. The van der Waals surface area contributed by atoms with Gasteiger partial charge in [0.15, 0.2) is 0 Å². The van der Waals surface area contributed by atoms with Crippen LogP contribution in [0.5, 0.6) is 0 Å². The number of rotatable bonds is 2. The van der Waals surface area contributed by atoms with Gasteiger partial charge < -0.3 is 9.73 Å². The zero-order valence-electron chi connectivity index (χ0n) is 10.4. The van der Waals surface area contributed by atoms with Gasteiger partial charge in [0.1, 0.15) is 17.3 Å². The van der Waals surface area contributed by atoms with Gasteiger partial charge in [-0.3, -0.25) is 4.79 Å². The van der Waals surface area contributed by atoms with Gasteiger partial charge in [0, 0.05) is 11.8 Å². The van der Waals surface area contributed by atoms with Crippen LogP contribution in [0.1, 0.15) is 27.4 Å². The first kappa shape index (κ1) is 12.8. The number of furan rings is 1. The summed E-state index contributed by atoms with van der Waals surface area (Å²) in [4.78, 5) is 16.3. The molecule has 1 amide bonds. The number of pyridine rings is 1. The summed E-state index contributed by atoms with van der Waals surface area (Å²) in [6, 6.07) is 3.61. The first-order valence-electron chi connectivity index (χ1n) is 5.49. The number of hydrogen-bond donors (Lipinski definition) is 1. The number of anilines is 1. The van der Waals surface area contributed by atoms with Crippen LogP contribution in [0.15, 0.2) is 27.2 Å². The predicted molar refractivity (Wildman–Crippen MR) is 72.8 cm³/mol. The summed E-state index contributed by atoms with van der Waals surface area (Å²) >= 11 is 3.34. The molecule has 0 fully saturated rings. The molecule has 0 spiro atoms. The Hall–Kier alpha value is -1.62. The highest BCUT2D eigenvalue weighted by molar-refractivity contribution is 9.10. The molecule has 0 aliphatic carbocycles. The summed E-state index contributed by atoms with van der Waals surface area (Å²) in [5.41, 5.74) is 1.43. The number of halogens is 1. The lowest BCUT2D eigenvalue weighted by Gasteiger charge is -2.05. The Bertz CT molecular complexity index is 605. The fourth-order valence-corrected chi connectivity index (χ4v) is 2.13. The average Bonchev–Trinajstić information content (AvgIpc) is 2.56. The standard InChI is InChI=1S/C13H13BrN2O2/c1-7-8(2)18-9(3)11(7)13(17)16-12-10(14)5-4-6-15-12/h4-6H,1-3H3,(H,15,16,17). The fourth-order valence-electron chi connectivity index (χ4n) is 1.78. The van der Waals surface area contributed by atoms with Gasteiger partial charge in [-0.2, -0.15) is 0 Å². The van der Waals surface area contributed by atoms with Gasteiger partial charge >= 0.3 is 0 Å². The molecule has 2 heterocycles. The van der Waals surface area contributed by atoms with Crippen molar-refractivity contribution in [3.05, 3.63) is 45.4 Å². The van der Waals surface area contributed by atoms with E-state index in [1.807, 2.05) is 19.9 Å². The van der Waals surface area contributed by atoms with E-state index in [9.17, 15) is 4.79 Å². The molecular weight excluding hydrogens is 296 g/mol. The van der Waals surface area contributed by atoms with E-state index in [0.717, 1.165) is 15.8 Å². The van der Waals surface area contributed by atoms with Gasteiger partial charge in [-0.25, -0.2) is 4.98 Å². The molecule has 18 heavy (non-hydrogen) atoms. The highest BCUT2D eigenvalue weighted by Gasteiger charge is 2.19. The van der Waals surface area contributed by atoms with Crippen molar-refractivity contribution in [2.75, 3.05) is 5.32 Å². The molecule has 5 heteroatoms. The molecule has 2 rings (SSSR count). The van der Waals surface area contributed by atoms with E-state index < -0.39 is 0 Å². The van der Waals surface area contributed by atoms with Crippen molar-refractivity contribution < 1.29 is 9.21 Å². The summed E-state index contributed by atoms with van der Waals surface area (Å²) in [5, 5.41) is 2.76. The van der Waals surface area contributed by atoms with Crippen LogP contribution in [0.3, 0.4) is 0 Å². The molecule has 2 aromatic heterocycles. The largest absolute Gasteiger partial charge is 0.466 e. The van der Waals surface area contributed by atoms with Crippen LogP contribution >= 0.6 is 15.9 Å². The van der Waals surface area contributed by atoms with Crippen molar-refractivity contribution in [2.24, 2.45) is 0 Å². The SMILES string of the molecule is Cc1oc(C)c(C(=O)Nc2ncccc2Br)c1C. The van der Waals surface area contributed by atoms with Crippen molar-refractivity contribution in [2.45, 2.75) is 20.8 Å². The molecule has 0 bridgehead atoms. The number of aryl methyl sites for hydroxylation is 2. The molecule has 0 radical (unpaired) electrons. The maximum absolute atomic E-state index is 12.2. The first-order valence-corrected chi connectivity index (χ1v) is 6.28. The summed E-state index contributed by atoms with van der Waals surface area (Å²) in [7, 11) is 0. The van der Waals surface area contributed by atoms with Gasteiger partial charge in [-0.15, -0.1) is 0 Å². The van der Waals surface area contributed by atoms with E-state index in [0.29, 0.717) is 17.1 Å². The highest BCUT2D eigenvalue weighted by atomic mass is 79.9. The van der Waals surface area contributed by atoms with Crippen LogP contribution in [0.4, 0.5) is 5.82 Å². The lowest BCUT2D eigenvalue weighted by atomic mass is 10.1. The fraction of sp³-hybridized carbons (Fsp3) is 0.231. The smallest absolute Gasteiger partial charge is 0.260 e. The maximum Gasteiger partial charge on any atom is 0.260 e. The number of nitrogens with zero attached hydrogens (tertiary/aromatic N) is 1. The van der Waals surface area contributed by atoms with E-state index in [2.05, 4.69) is 26.2 Å². The molecule has 0 aliphatic heterocycles. The third kappa shape index (κ3) is 2.31. The molecule has 2 aromatic rings. The normalized spacial score (nSPS) is 10.4. The molecular formula is C13H13BrN2O2. The Labute approximate surface area is 114 Å². The third-order valence-corrected chi connectivity index (χ3v) is 3.42. The van der Waals surface area contributed by atoms with Gasteiger partial charge in [0.05, 0.1) is 10.0 Å². The molecule has 1 N–H and O–H groups in total. The van der Waals surface area contributed by atoms with Crippen molar-refractivity contribution in [1.29, 1.82) is 0 Å². The van der Waals surface area contributed by atoms with Gasteiger partial charge in [0.2, 0.25) is 0 Å². The number of amides is 1. The molecule has 0 unspecified atom stereocenters. The van der Waals surface area contributed by atoms with Crippen LogP contribution < -0.4 is 5.32 Å². The van der Waals surface area contributed by atoms with Crippen LogP contribution in [0, 0.1) is 20.8 Å². The van der Waals surface area contributed by atoms with E-state index in [1.165, 1.54) is 0 Å². The topological polar surface area (TPSA) is 55.1 Å². The number of carbonyl (C=O) groups is 1. The molecule has 0 saturated carbocycles. The Morgan fingerprint density at radius 3 is 2.61 bits per heavy atom. The van der Waals surface area contributed by atoms with Gasteiger partial charge in [-0.05, 0) is 48.8 Å². The van der Waals surface area contributed by atoms with Crippen LogP contribution in [-0.2, 0) is 0 Å². The summed E-state index contributed by atoms with van der Waals surface area (Å²) in [6.45, 7) is 5.49. The Morgan fingerprint density at radius 1 is 1.33 bits per heavy atom. The Morgan fingerprint density at radius 2 is 2.06 bits per heavy atom.